The van der Waals surface area contributed by atoms with E-state index in [4.69, 9.17) is 0 Å². The lowest BCUT2D eigenvalue weighted by atomic mass is 10.0. The summed E-state index contributed by atoms with van der Waals surface area (Å²) >= 11 is 0. The van der Waals surface area contributed by atoms with Crippen LogP contribution in [0.4, 0.5) is 5.69 Å². The zero-order valence-electron chi connectivity index (χ0n) is 22.6. The molecule has 0 radical (unpaired) electrons. The summed E-state index contributed by atoms with van der Waals surface area (Å²) in [5, 5.41) is 11.4. The maximum atomic E-state index is 12.9. The Balaban J connectivity index is 1.66. The highest BCUT2D eigenvalue weighted by Gasteiger charge is 2.26. The van der Waals surface area contributed by atoms with Crippen LogP contribution in [0.5, 0.6) is 0 Å². The van der Waals surface area contributed by atoms with Gasteiger partial charge in [-0.3, -0.25) is 24.0 Å². The van der Waals surface area contributed by atoms with Crippen molar-refractivity contribution in [1.82, 2.24) is 20.9 Å². The number of rotatable bonds is 11. The molecule has 39 heavy (non-hydrogen) atoms. The Morgan fingerprint density at radius 3 is 2.23 bits per heavy atom. The average molecular weight is 534 g/mol. The minimum Gasteiger partial charge on any atom is -0.360 e. The number of carbonyl (C=O) groups is 5. The second-order valence-corrected chi connectivity index (χ2v) is 10.4. The summed E-state index contributed by atoms with van der Waals surface area (Å²) in [7, 11) is 0. The fraction of sp³-hybridized carbons (Fsp3) is 0.345. The van der Waals surface area contributed by atoms with E-state index < -0.39 is 41.1 Å². The van der Waals surface area contributed by atoms with Crippen LogP contribution < -0.4 is 21.3 Å². The first-order valence-electron chi connectivity index (χ1n) is 12.8. The van der Waals surface area contributed by atoms with E-state index in [0.717, 1.165) is 0 Å². The summed E-state index contributed by atoms with van der Waals surface area (Å²) in [6.07, 6.45) is 1.39. The quantitative estimate of drug-likeness (QED) is 0.190. The van der Waals surface area contributed by atoms with Crippen molar-refractivity contribution < 1.29 is 24.0 Å². The zero-order chi connectivity index (χ0) is 28.6. The van der Waals surface area contributed by atoms with E-state index in [9.17, 15) is 24.0 Å². The molecule has 0 aliphatic rings. The van der Waals surface area contributed by atoms with Crippen LogP contribution in [0.2, 0.25) is 0 Å². The maximum absolute atomic E-state index is 12.9. The Bertz CT molecular complexity index is 1340. The van der Waals surface area contributed by atoms with Gasteiger partial charge in [-0.15, -0.1) is 0 Å². The predicted molar refractivity (Wildman–Crippen MR) is 149 cm³/mol. The van der Waals surface area contributed by atoms with Gasteiger partial charge in [-0.1, -0.05) is 36.4 Å². The van der Waals surface area contributed by atoms with Crippen LogP contribution in [0.15, 0.2) is 60.8 Å². The molecule has 0 bridgehead atoms. The highest BCUT2D eigenvalue weighted by atomic mass is 16.2. The number of fused-ring (bicyclic) bond motifs is 1. The standard InChI is InChI=1S/C29H35N5O5/c1-18(27(38)32-19-10-6-5-7-11-19)31-25(36)16-20(14-15-24(35)34-29(2,3)4)33-28(39)26(37)22-17-30-23-13-9-8-12-21(22)23/h5-13,17-18,20,30H,14-16H2,1-4H3,(H,31,36)(H,32,38)(H,33,39)(H,34,35)/t18-,20-/m0/s1. The zero-order valence-corrected chi connectivity index (χ0v) is 22.6. The van der Waals surface area contributed by atoms with Gasteiger partial charge in [-0.25, -0.2) is 0 Å². The molecular weight excluding hydrogens is 498 g/mol. The molecule has 10 nitrogen and oxygen atoms in total. The first-order valence-corrected chi connectivity index (χ1v) is 12.8. The van der Waals surface area contributed by atoms with E-state index in [1.807, 2.05) is 32.9 Å². The predicted octanol–water partition coefficient (Wildman–Crippen LogP) is 3.06. The second kappa shape index (κ2) is 12.9. The molecule has 0 unspecified atom stereocenters. The van der Waals surface area contributed by atoms with Gasteiger partial charge in [0.25, 0.3) is 11.7 Å². The molecule has 1 heterocycles. The van der Waals surface area contributed by atoms with Crippen molar-refractivity contribution in [2.24, 2.45) is 0 Å². The second-order valence-electron chi connectivity index (χ2n) is 10.4. The number of aromatic amines is 1. The van der Waals surface area contributed by atoms with Gasteiger partial charge in [0.1, 0.15) is 6.04 Å². The molecule has 0 saturated heterocycles. The Labute approximate surface area is 227 Å². The van der Waals surface area contributed by atoms with Gasteiger partial charge in [0, 0.05) is 47.2 Å². The molecule has 0 aliphatic heterocycles. The van der Waals surface area contributed by atoms with E-state index in [2.05, 4.69) is 26.3 Å². The summed E-state index contributed by atoms with van der Waals surface area (Å²) < 4.78 is 0. The fourth-order valence-corrected chi connectivity index (χ4v) is 4.01. The van der Waals surface area contributed by atoms with E-state index in [-0.39, 0.29) is 30.7 Å². The maximum Gasteiger partial charge on any atom is 0.292 e. The molecule has 1 aromatic heterocycles. The number of hydrogen-bond acceptors (Lipinski definition) is 5. The molecule has 0 spiro atoms. The number of ketones is 1. The third kappa shape index (κ3) is 8.80. The molecule has 2 atom stereocenters. The molecule has 2 aromatic carbocycles. The molecule has 10 heteroatoms. The lowest BCUT2D eigenvalue weighted by Gasteiger charge is -2.23. The van der Waals surface area contributed by atoms with Crippen molar-refractivity contribution in [3.63, 3.8) is 0 Å². The van der Waals surface area contributed by atoms with Crippen LogP contribution in [0.3, 0.4) is 0 Å². The topological polar surface area (TPSA) is 149 Å². The van der Waals surface area contributed by atoms with Gasteiger partial charge in [-0.2, -0.15) is 0 Å². The SMILES string of the molecule is C[C@H](NC(=O)C[C@H](CCC(=O)NC(C)(C)C)NC(=O)C(=O)c1c[nH]c2ccccc12)C(=O)Nc1ccccc1. The van der Waals surface area contributed by atoms with Crippen LogP contribution in [0.1, 0.15) is 57.3 Å². The van der Waals surface area contributed by atoms with Gasteiger partial charge in [0.05, 0.1) is 5.56 Å². The Morgan fingerprint density at radius 2 is 1.54 bits per heavy atom. The molecule has 5 N–H and O–H groups in total. The first kappa shape index (κ1) is 29.1. The van der Waals surface area contributed by atoms with E-state index in [1.54, 1.807) is 49.4 Å². The van der Waals surface area contributed by atoms with Crippen LogP contribution in [-0.4, -0.2) is 52.0 Å². The van der Waals surface area contributed by atoms with E-state index >= 15 is 0 Å². The number of aromatic nitrogens is 1. The molecule has 4 amide bonds. The number of nitrogens with one attached hydrogen (secondary N) is 5. The smallest absolute Gasteiger partial charge is 0.292 e. The highest BCUT2D eigenvalue weighted by Crippen LogP contribution is 2.18. The largest absolute Gasteiger partial charge is 0.360 e. The number of anilines is 1. The molecule has 3 aromatic rings. The van der Waals surface area contributed by atoms with E-state index in [1.165, 1.54) is 6.20 Å². The number of hydrogen-bond donors (Lipinski definition) is 5. The van der Waals surface area contributed by atoms with Crippen LogP contribution in [0.25, 0.3) is 10.9 Å². The minimum atomic E-state index is -0.886. The fourth-order valence-electron chi connectivity index (χ4n) is 4.01. The Kier molecular flexibility index (Phi) is 9.59. The number of carbonyl (C=O) groups excluding carboxylic acids is 5. The third-order valence-corrected chi connectivity index (χ3v) is 5.85. The van der Waals surface area contributed by atoms with Crippen LogP contribution in [-0.2, 0) is 19.2 Å². The van der Waals surface area contributed by atoms with Gasteiger partial charge in [0.15, 0.2) is 0 Å². The summed E-state index contributed by atoms with van der Waals surface area (Å²) in [5.41, 5.74) is 1.07. The monoisotopic (exact) mass is 533 g/mol. The van der Waals surface area contributed by atoms with Crippen molar-refractivity contribution >= 4 is 46.0 Å². The molecule has 3 rings (SSSR count). The normalized spacial score (nSPS) is 12.7. The van der Waals surface area contributed by atoms with Gasteiger partial charge >= 0.3 is 0 Å². The van der Waals surface area contributed by atoms with Crippen molar-refractivity contribution in [3.05, 3.63) is 66.4 Å². The highest BCUT2D eigenvalue weighted by molar-refractivity contribution is 6.45. The number of Topliss-reactive ketones (excluding diaryl/α,β-unsaturated/α-hetero) is 1. The molecule has 0 saturated carbocycles. The number of amides is 4. The Morgan fingerprint density at radius 1 is 0.872 bits per heavy atom. The lowest BCUT2D eigenvalue weighted by molar-refractivity contribution is -0.127. The van der Waals surface area contributed by atoms with E-state index in [0.29, 0.717) is 16.6 Å². The van der Waals surface area contributed by atoms with Crippen molar-refractivity contribution in [2.45, 2.75) is 64.6 Å². The lowest BCUT2D eigenvalue weighted by Crippen LogP contribution is -2.47. The average Bonchev–Trinajstić information content (AvgIpc) is 3.30. The van der Waals surface area contributed by atoms with Crippen LogP contribution in [0, 0.1) is 0 Å². The Hall–Kier alpha value is -4.47. The summed E-state index contributed by atoms with van der Waals surface area (Å²) in [6.45, 7) is 7.08. The van der Waals surface area contributed by atoms with Crippen LogP contribution >= 0.6 is 0 Å². The van der Waals surface area contributed by atoms with Crippen molar-refractivity contribution in [2.75, 3.05) is 5.32 Å². The van der Waals surface area contributed by atoms with Crippen molar-refractivity contribution in [3.8, 4) is 0 Å². The van der Waals surface area contributed by atoms with Gasteiger partial charge < -0.3 is 26.3 Å². The summed E-state index contributed by atoms with van der Waals surface area (Å²) in [5.74, 6) is -2.81. The first-order chi connectivity index (χ1) is 18.4. The van der Waals surface area contributed by atoms with Crippen molar-refractivity contribution in [1.29, 1.82) is 0 Å². The molecule has 0 aliphatic carbocycles. The summed E-state index contributed by atoms with van der Waals surface area (Å²) in [6, 6.07) is 14.3. The molecule has 206 valence electrons. The van der Waals surface area contributed by atoms with Gasteiger partial charge in [-0.05, 0) is 52.3 Å². The number of para-hydroxylation sites is 2. The summed E-state index contributed by atoms with van der Waals surface area (Å²) in [4.78, 5) is 66.5. The van der Waals surface area contributed by atoms with Gasteiger partial charge in [0.2, 0.25) is 17.7 Å². The number of H-pyrrole nitrogens is 1. The molecular formula is C29H35N5O5. The minimum absolute atomic E-state index is 0.0286. The molecule has 0 fully saturated rings. The number of benzene rings is 2. The third-order valence-electron chi connectivity index (χ3n) is 5.85.